The minimum absolute atomic E-state index is 0.910. The van der Waals surface area contributed by atoms with E-state index in [0.717, 1.165) is 12.1 Å². The van der Waals surface area contributed by atoms with Crippen LogP contribution in [0.1, 0.15) is 57.9 Å². The molecule has 3 heteroatoms. The summed E-state index contributed by atoms with van der Waals surface area (Å²) in [5.41, 5.74) is 4.87. The standard InChI is InChI=1S/C18H19N3.C8H18/c1-20(13-15-6-4-3-5-7-15)18-10-8-16(9-11-18)17-12-19-21(2)14-17;1-3-5-7-8-6-4-2/h3-12,14H,13H2,1-2H3;3-8H2,1-2H3. The molecule has 0 aliphatic carbocycles. The fraction of sp³-hybridized carbons (Fsp3) is 0.423. The SMILES string of the molecule is CCCCCCCC.CN(Cc1ccccc1)c1ccc(-c2cnn(C)c2)cc1. The highest BCUT2D eigenvalue weighted by Crippen LogP contribution is 2.23. The lowest BCUT2D eigenvalue weighted by Gasteiger charge is -2.19. The van der Waals surface area contributed by atoms with Crippen LogP contribution in [0.3, 0.4) is 0 Å². The Bertz CT molecular complexity index is 784. The summed E-state index contributed by atoms with van der Waals surface area (Å²) in [6.07, 6.45) is 12.4. The normalized spacial score (nSPS) is 10.3. The van der Waals surface area contributed by atoms with Gasteiger partial charge in [0.1, 0.15) is 0 Å². The van der Waals surface area contributed by atoms with Gasteiger partial charge < -0.3 is 4.90 Å². The number of hydrogen-bond donors (Lipinski definition) is 0. The fourth-order valence-electron chi connectivity index (χ4n) is 3.28. The monoisotopic (exact) mass is 391 g/mol. The number of hydrogen-bond acceptors (Lipinski definition) is 2. The maximum atomic E-state index is 4.21. The molecule has 0 bridgehead atoms. The van der Waals surface area contributed by atoms with Crippen LogP contribution in [0.4, 0.5) is 5.69 Å². The average Bonchev–Trinajstić information content (AvgIpc) is 3.19. The molecule has 0 aliphatic rings. The van der Waals surface area contributed by atoms with Gasteiger partial charge in [0.15, 0.2) is 0 Å². The van der Waals surface area contributed by atoms with Gasteiger partial charge in [-0.1, -0.05) is 94.8 Å². The van der Waals surface area contributed by atoms with Crippen LogP contribution in [0.25, 0.3) is 11.1 Å². The van der Waals surface area contributed by atoms with Crippen molar-refractivity contribution in [3.63, 3.8) is 0 Å². The Morgan fingerprint density at radius 1 is 0.793 bits per heavy atom. The minimum Gasteiger partial charge on any atom is -0.370 e. The van der Waals surface area contributed by atoms with Crippen LogP contribution < -0.4 is 4.90 Å². The van der Waals surface area contributed by atoms with Crippen LogP contribution in [0, 0.1) is 0 Å². The molecule has 3 nitrogen and oxygen atoms in total. The van der Waals surface area contributed by atoms with Crippen molar-refractivity contribution in [3.05, 3.63) is 72.6 Å². The molecule has 0 aliphatic heterocycles. The summed E-state index contributed by atoms with van der Waals surface area (Å²) in [5.74, 6) is 0. The van der Waals surface area contributed by atoms with E-state index in [1.807, 2.05) is 30.2 Å². The number of anilines is 1. The number of benzene rings is 2. The van der Waals surface area contributed by atoms with Crippen molar-refractivity contribution in [2.24, 2.45) is 7.05 Å². The van der Waals surface area contributed by atoms with Gasteiger partial charge in [-0.05, 0) is 23.3 Å². The van der Waals surface area contributed by atoms with Crippen molar-refractivity contribution < 1.29 is 0 Å². The van der Waals surface area contributed by atoms with E-state index in [1.165, 1.54) is 55.3 Å². The van der Waals surface area contributed by atoms with Gasteiger partial charge in [-0.3, -0.25) is 4.68 Å². The molecular weight excluding hydrogens is 354 g/mol. The highest BCUT2D eigenvalue weighted by atomic mass is 15.2. The molecule has 0 amide bonds. The zero-order valence-corrected chi connectivity index (χ0v) is 18.6. The van der Waals surface area contributed by atoms with Crippen LogP contribution in [0.2, 0.25) is 0 Å². The lowest BCUT2D eigenvalue weighted by atomic mass is 10.1. The van der Waals surface area contributed by atoms with Crippen molar-refractivity contribution in [2.45, 2.75) is 58.9 Å². The van der Waals surface area contributed by atoms with E-state index in [9.17, 15) is 0 Å². The number of unbranched alkanes of at least 4 members (excludes halogenated alkanes) is 5. The van der Waals surface area contributed by atoms with E-state index in [4.69, 9.17) is 0 Å². The second-order valence-electron chi connectivity index (χ2n) is 7.71. The largest absolute Gasteiger partial charge is 0.370 e. The van der Waals surface area contributed by atoms with Crippen molar-refractivity contribution in [1.82, 2.24) is 9.78 Å². The van der Waals surface area contributed by atoms with E-state index in [2.05, 4.69) is 79.4 Å². The maximum Gasteiger partial charge on any atom is 0.0568 e. The van der Waals surface area contributed by atoms with Gasteiger partial charge in [-0.25, -0.2) is 0 Å². The second kappa shape index (κ2) is 12.8. The molecule has 0 atom stereocenters. The summed E-state index contributed by atoms with van der Waals surface area (Å²) in [4.78, 5) is 2.25. The van der Waals surface area contributed by atoms with Crippen LogP contribution in [-0.4, -0.2) is 16.8 Å². The van der Waals surface area contributed by atoms with Crippen molar-refractivity contribution in [2.75, 3.05) is 11.9 Å². The molecule has 3 rings (SSSR count). The highest BCUT2D eigenvalue weighted by Gasteiger charge is 2.04. The molecule has 0 saturated carbocycles. The van der Waals surface area contributed by atoms with Crippen LogP contribution in [-0.2, 0) is 13.6 Å². The van der Waals surface area contributed by atoms with Gasteiger partial charge in [0, 0.05) is 38.1 Å². The predicted octanol–water partition coefficient (Wildman–Crippen LogP) is 7.09. The zero-order chi connectivity index (χ0) is 20.9. The first kappa shape index (κ1) is 22.7. The summed E-state index contributed by atoms with van der Waals surface area (Å²) in [7, 11) is 4.05. The lowest BCUT2D eigenvalue weighted by Crippen LogP contribution is -2.15. The Morgan fingerprint density at radius 3 is 1.93 bits per heavy atom. The number of nitrogens with zero attached hydrogens (tertiary/aromatic N) is 3. The molecule has 1 heterocycles. The Morgan fingerprint density at radius 2 is 1.41 bits per heavy atom. The summed E-state index contributed by atoms with van der Waals surface area (Å²) in [6, 6.07) is 19.1. The molecule has 0 radical (unpaired) electrons. The Kier molecular flexibility index (Phi) is 10.1. The molecule has 0 saturated heterocycles. The summed E-state index contributed by atoms with van der Waals surface area (Å²) in [6.45, 7) is 5.42. The smallest absolute Gasteiger partial charge is 0.0568 e. The highest BCUT2D eigenvalue weighted by molar-refractivity contribution is 5.65. The van der Waals surface area contributed by atoms with Gasteiger partial charge in [0.05, 0.1) is 6.20 Å². The third kappa shape index (κ3) is 8.15. The molecular formula is C26H37N3. The third-order valence-electron chi connectivity index (χ3n) is 5.07. The molecule has 0 spiro atoms. The molecule has 2 aromatic carbocycles. The van der Waals surface area contributed by atoms with Crippen LogP contribution >= 0.6 is 0 Å². The zero-order valence-electron chi connectivity index (χ0n) is 18.6. The molecule has 0 N–H and O–H groups in total. The lowest BCUT2D eigenvalue weighted by molar-refractivity contribution is 0.624. The van der Waals surface area contributed by atoms with Crippen LogP contribution in [0.5, 0.6) is 0 Å². The van der Waals surface area contributed by atoms with E-state index in [-0.39, 0.29) is 0 Å². The number of rotatable bonds is 9. The molecule has 156 valence electrons. The molecule has 29 heavy (non-hydrogen) atoms. The summed E-state index contributed by atoms with van der Waals surface area (Å²) in [5, 5.41) is 4.21. The Balaban J connectivity index is 0.000000321. The number of aromatic nitrogens is 2. The molecule has 0 fully saturated rings. The van der Waals surface area contributed by atoms with E-state index in [0.29, 0.717) is 0 Å². The van der Waals surface area contributed by atoms with Gasteiger partial charge in [-0.2, -0.15) is 5.10 Å². The first-order valence-corrected chi connectivity index (χ1v) is 11.0. The molecule has 3 aromatic rings. The fourth-order valence-corrected chi connectivity index (χ4v) is 3.28. The topological polar surface area (TPSA) is 21.1 Å². The minimum atomic E-state index is 0.910. The van der Waals surface area contributed by atoms with Crippen LogP contribution in [0.15, 0.2) is 67.0 Å². The average molecular weight is 392 g/mol. The van der Waals surface area contributed by atoms with Crippen molar-refractivity contribution in [3.8, 4) is 11.1 Å². The Hall–Kier alpha value is -2.55. The van der Waals surface area contributed by atoms with Gasteiger partial charge in [0.2, 0.25) is 0 Å². The predicted molar refractivity (Wildman–Crippen MR) is 126 cm³/mol. The second-order valence-corrected chi connectivity index (χ2v) is 7.71. The summed E-state index contributed by atoms with van der Waals surface area (Å²) >= 11 is 0. The maximum absolute atomic E-state index is 4.21. The Labute approximate surface area is 177 Å². The van der Waals surface area contributed by atoms with Crippen molar-refractivity contribution >= 4 is 5.69 Å². The van der Waals surface area contributed by atoms with E-state index < -0.39 is 0 Å². The van der Waals surface area contributed by atoms with Gasteiger partial charge in [0.25, 0.3) is 0 Å². The quantitative estimate of drug-likeness (QED) is 0.363. The molecule has 1 aromatic heterocycles. The van der Waals surface area contributed by atoms with E-state index in [1.54, 1.807) is 0 Å². The first-order valence-electron chi connectivity index (χ1n) is 11.0. The molecule has 0 unspecified atom stereocenters. The summed E-state index contributed by atoms with van der Waals surface area (Å²) < 4.78 is 1.82. The first-order chi connectivity index (χ1) is 14.1. The third-order valence-corrected chi connectivity index (χ3v) is 5.07. The van der Waals surface area contributed by atoms with Crippen molar-refractivity contribution in [1.29, 1.82) is 0 Å². The van der Waals surface area contributed by atoms with Gasteiger partial charge in [-0.15, -0.1) is 0 Å². The number of aryl methyl sites for hydroxylation is 1. The van der Waals surface area contributed by atoms with Gasteiger partial charge >= 0.3 is 0 Å². The van der Waals surface area contributed by atoms with E-state index >= 15 is 0 Å².